The minimum absolute atomic E-state index is 0.242. The predicted octanol–water partition coefficient (Wildman–Crippen LogP) is 0.0976. The maximum atomic E-state index is 10.4. The van der Waals surface area contributed by atoms with Gasteiger partial charge in [-0.15, -0.1) is 0 Å². The first-order valence-electron chi connectivity index (χ1n) is 5.83. The Bertz CT molecular complexity index is 521. The van der Waals surface area contributed by atoms with Crippen LogP contribution in [-0.2, 0) is 5.60 Å². The van der Waals surface area contributed by atoms with E-state index in [1.54, 1.807) is 18.5 Å². The molecule has 2 N–H and O–H groups in total. The lowest BCUT2D eigenvalue weighted by Gasteiger charge is -2.28. The Morgan fingerprint density at radius 1 is 1.17 bits per heavy atom. The Hall–Kier alpha value is -1.86. The maximum absolute atomic E-state index is 10.4. The zero-order valence-electron chi connectivity index (χ0n) is 9.70. The van der Waals surface area contributed by atoms with Crippen LogP contribution in [-0.4, -0.2) is 38.3 Å². The van der Waals surface area contributed by atoms with E-state index in [9.17, 15) is 5.11 Å². The average Bonchev–Trinajstić information content (AvgIpc) is 2.91. The molecule has 3 rings (SSSR count). The molecule has 0 unspecified atom stereocenters. The lowest BCUT2D eigenvalue weighted by molar-refractivity contribution is -0.0228. The van der Waals surface area contributed by atoms with Gasteiger partial charge < -0.3 is 14.9 Å². The quantitative estimate of drug-likeness (QED) is 0.776. The third-order valence-electron chi connectivity index (χ3n) is 3.02. The van der Waals surface area contributed by atoms with Crippen molar-refractivity contribution in [2.45, 2.75) is 18.4 Å². The van der Waals surface area contributed by atoms with Gasteiger partial charge >= 0.3 is 0 Å². The van der Waals surface area contributed by atoms with Gasteiger partial charge in [-0.1, -0.05) is 5.16 Å². The number of rotatable bonds is 2. The Morgan fingerprint density at radius 2 is 1.89 bits per heavy atom. The van der Waals surface area contributed by atoms with Crippen molar-refractivity contribution in [3.05, 3.63) is 24.4 Å². The predicted molar refractivity (Wildman–Crippen MR) is 61.3 cm³/mol. The highest BCUT2D eigenvalue weighted by Gasteiger charge is 2.37. The molecule has 0 spiro atoms. The summed E-state index contributed by atoms with van der Waals surface area (Å²) in [6.45, 7) is 1.46. The Kier molecular flexibility index (Phi) is 2.77. The molecule has 94 valence electrons. The number of aliphatic hydroxyl groups is 1. The van der Waals surface area contributed by atoms with Crippen LogP contribution in [0.3, 0.4) is 0 Å². The third kappa shape index (κ3) is 1.98. The van der Waals surface area contributed by atoms with Gasteiger partial charge in [-0.25, -0.2) is 9.97 Å². The smallest absolute Gasteiger partial charge is 0.259 e. The zero-order valence-corrected chi connectivity index (χ0v) is 9.70. The summed E-state index contributed by atoms with van der Waals surface area (Å²) in [5.41, 5.74) is -1.04. The topological polar surface area (TPSA) is 97.0 Å². The summed E-state index contributed by atoms with van der Waals surface area (Å²) in [6.07, 6.45) is 4.34. The van der Waals surface area contributed by atoms with Crippen LogP contribution in [0.25, 0.3) is 11.6 Å². The van der Waals surface area contributed by atoms with E-state index in [-0.39, 0.29) is 5.89 Å². The van der Waals surface area contributed by atoms with E-state index in [2.05, 4.69) is 25.4 Å². The fourth-order valence-electron chi connectivity index (χ4n) is 1.97. The van der Waals surface area contributed by atoms with Crippen LogP contribution < -0.4 is 5.32 Å². The molecule has 1 aliphatic rings. The number of aromatic nitrogens is 4. The number of hydrogen-bond acceptors (Lipinski definition) is 7. The molecule has 0 amide bonds. The van der Waals surface area contributed by atoms with Gasteiger partial charge in [0, 0.05) is 12.4 Å². The van der Waals surface area contributed by atoms with E-state index in [0.717, 1.165) is 13.1 Å². The lowest BCUT2D eigenvalue weighted by Crippen LogP contribution is -2.39. The molecule has 1 fully saturated rings. The van der Waals surface area contributed by atoms with Crippen LogP contribution in [0.2, 0.25) is 0 Å². The van der Waals surface area contributed by atoms with Gasteiger partial charge in [-0.2, -0.15) is 4.98 Å². The minimum Gasteiger partial charge on any atom is -0.380 e. The van der Waals surface area contributed by atoms with E-state index in [0.29, 0.717) is 24.5 Å². The Labute approximate surface area is 103 Å². The minimum atomic E-state index is -1.04. The highest BCUT2D eigenvalue weighted by Crippen LogP contribution is 2.29. The second-order valence-electron chi connectivity index (χ2n) is 4.28. The summed E-state index contributed by atoms with van der Waals surface area (Å²) >= 11 is 0. The Morgan fingerprint density at radius 3 is 2.61 bits per heavy atom. The molecule has 2 aromatic heterocycles. The van der Waals surface area contributed by atoms with Crippen LogP contribution in [0.1, 0.15) is 18.7 Å². The first kappa shape index (κ1) is 11.2. The number of nitrogens with one attached hydrogen (secondary N) is 1. The van der Waals surface area contributed by atoms with Gasteiger partial charge in [0.15, 0.2) is 0 Å². The molecule has 0 saturated carbocycles. The van der Waals surface area contributed by atoms with E-state index in [1.807, 2.05) is 0 Å². The van der Waals surface area contributed by atoms with Gasteiger partial charge in [-0.3, -0.25) is 0 Å². The normalized spacial score (nSPS) is 18.7. The van der Waals surface area contributed by atoms with Crippen molar-refractivity contribution >= 4 is 0 Å². The van der Waals surface area contributed by atoms with Crippen LogP contribution in [0.5, 0.6) is 0 Å². The fourth-order valence-corrected chi connectivity index (χ4v) is 1.97. The van der Waals surface area contributed by atoms with Crippen molar-refractivity contribution in [1.82, 2.24) is 25.4 Å². The van der Waals surface area contributed by atoms with Crippen molar-refractivity contribution in [2.24, 2.45) is 0 Å². The van der Waals surface area contributed by atoms with Crippen molar-refractivity contribution in [3.63, 3.8) is 0 Å². The molecule has 0 radical (unpaired) electrons. The average molecular weight is 247 g/mol. The largest absolute Gasteiger partial charge is 0.380 e. The summed E-state index contributed by atoms with van der Waals surface area (Å²) in [5, 5.41) is 17.4. The van der Waals surface area contributed by atoms with Crippen LogP contribution in [0.4, 0.5) is 0 Å². The van der Waals surface area contributed by atoms with Gasteiger partial charge in [0.1, 0.15) is 5.60 Å². The zero-order chi connectivity index (χ0) is 12.4. The summed E-state index contributed by atoms with van der Waals surface area (Å²) in [4.78, 5) is 12.3. The monoisotopic (exact) mass is 247 g/mol. The third-order valence-corrected chi connectivity index (χ3v) is 3.02. The van der Waals surface area contributed by atoms with Crippen molar-refractivity contribution < 1.29 is 9.63 Å². The molecule has 18 heavy (non-hydrogen) atoms. The molecular formula is C11H13N5O2. The Balaban J connectivity index is 1.89. The van der Waals surface area contributed by atoms with Crippen molar-refractivity contribution in [3.8, 4) is 11.6 Å². The second-order valence-corrected chi connectivity index (χ2v) is 4.28. The van der Waals surface area contributed by atoms with Gasteiger partial charge in [0.25, 0.3) is 5.89 Å². The van der Waals surface area contributed by atoms with E-state index in [1.165, 1.54) is 0 Å². The molecule has 7 nitrogen and oxygen atoms in total. The standard InChI is InChI=1S/C11H13N5O2/c17-11(2-6-12-7-3-11)10-15-9(16-18-10)8-13-4-1-5-14-8/h1,4-5,12,17H,2-3,6-7H2. The first-order chi connectivity index (χ1) is 8.78. The number of nitrogens with zero attached hydrogens (tertiary/aromatic N) is 4. The van der Waals surface area contributed by atoms with Crippen LogP contribution >= 0.6 is 0 Å². The summed E-state index contributed by atoms with van der Waals surface area (Å²) in [7, 11) is 0. The number of hydrogen-bond donors (Lipinski definition) is 2. The van der Waals surface area contributed by atoms with Crippen LogP contribution in [0.15, 0.2) is 23.0 Å². The van der Waals surface area contributed by atoms with Crippen molar-refractivity contribution in [1.29, 1.82) is 0 Å². The molecule has 1 saturated heterocycles. The summed E-state index contributed by atoms with van der Waals surface area (Å²) < 4.78 is 5.14. The molecule has 0 bridgehead atoms. The van der Waals surface area contributed by atoms with E-state index >= 15 is 0 Å². The first-order valence-corrected chi connectivity index (χ1v) is 5.83. The summed E-state index contributed by atoms with van der Waals surface area (Å²) in [6, 6.07) is 1.71. The van der Waals surface area contributed by atoms with Gasteiger partial charge in [0.05, 0.1) is 0 Å². The molecule has 7 heteroatoms. The number of piperidine rings is 1. The van der Waals surface area contributed by atoms with Gasteiger partial charge in [0.2, 0.25) is 11.6 Å². The van der Waals surface area contributed by atoms with E-state index in [4.69, 9.17) is 4.52 Å². The van der Waals surface area contributed by atoms with E-state index < -0.39 is 5.60 Å². The van der Waals surface area contributed by atoms with Crippen molar-refractivity contribution in [2.75, 3.05) is 13.1 Å². The SMILES string of the molecule is OC1(c2nc(-c3ncccn3)no2)CCNCC1. The molecular weight excluding hydrogens is 234 g/mol. The van der Waals surface area contributed by atoms with Crippen LogP contribution in [0, 0.1) is 0 Å². The molecule has 0 aliphatic carbocycles. The summed E-state index contributed by atoms with van der Waals surface area (Å²) in [5.74, 6) is 0.939. The highest BCUT2D eigenvalue weighted by atomic mass is 16.5. The molecule has 0 aromatic carbocycles. The maximum Gasteiger partial charge on any atom is 0.259 e. The lowest BCUT2D eigenvalue weighted by atomic mass is 9.92. The fraction of sp³-hybridized carbons (Fsp3) is 0.455. The molecule has 2 aromatic rings. The molecule has 1 aliphatic heterocycles. The van der Waals surface area contributed by atoms with Gasteiger partial charge in [-0.05, 0) is 32.0 Å². The highest BCUT2D eigenvalue weighted by molar-refractivity contribution is 5.40. The molecule has 0 atom stereocenters. The second kappa shape index (κ2) is 4.43. The molecule has 3 heterocycles.